The van der Waals surface area contributed by atoms with Crippen LogP contribution in [0.3, 0.4) is 0 Å². The zero-order valence-corrected chi connectivity index (χ0v) is 13.8. The van der Waals surface area contributed by atoms with Crippen molar-refractivity contribution in [2.45, 2.75) is 12.3 Å². The third-order valence-corrected chi connectivity index (χ3v) is 3.66. The lowest BCUT2D eigenvalue weighted by atomic mass is 10.1. The number of halogens is 3. The molecule has 0 spiro atoms. The van der Waals surface area contributed by atoms with Gasteiger partial charge < -0.3 is 24.6 Å². The summed E-state index contributed by atoms with van der Waals surface area (Å²) in [5.74, 6) is 1.05. The minimum absolute atomic E-state index is 0.178. The third-order valence-electron chi connectivity index (χ3n) is 3.66. The summed E-state index contributed by atoms with van der Waals surface area (Å²) in [6.45, 7) is -0.259. The number of urea groups is 1. The number of carbonyl (C=O) groups is 1. The number of nitrogens with one attached hydrogen (secondary N) is 2. The van der Waals surface area contributed by atoms with Crippen LogP contribution in [-0.4, -0.2) is 17.7 Å². The van der Waals surface area contributed by atoms with Crippen LogP contribution in [0.4, 0.5) is 23.7 Å². The zero-order valence-electron chi connectivity index (χ0n) is 13.8. The van der Waals surface area contributed by atoms with Crippen molar-refractivity contribution in [1.29, 1.82) is 0 Å². The first kappa shape index (κ1) is 18.6. The van der Waals surface area contributed by atoms with Gasteiger partial charge in [-0.15, -0.1) is 0 Å². The van der Waals surface area contributed by atoms with Gasteiger partial charge in [0.15, 0.2) is 11.5 Å². The molecule has 1 unspecified atom stereocenters. The first-order chi connectivity index (χ1) is 12.8. The number of para-hydroxylation sites is 1. The highest BCUT2D eigenvalue weighted by Crippen LogP contribution is 2.34. The van der Waals surface area contributed by atoms with E-state index in [1.165, 1.54) is 24.5 Å². The lowest BCUT2D eigenvalue weighted by Crippen LogP contribution is -2.33. The summed E-state index contributed by atoms with van der Waals surface area (Å²) in [7, 11) is 0. The second-order valence-electron chi connectivity index (χ2n) is 5.57. The normalized spacial score (nSPS) is 12.6. The summed E-state index contributed by atoms with van der Waals surface area (Å²) < 4.78 is 49.4. The van der Waals surface area contributed by atoms with Crippen LogP contribution in [0.15, 0.2) is 63.6 Å². The Balaban J connectivity index is 1.58. The first-order valence-corrected chi connectivity index (χ1v) is 7.87. The minimum Gasteiger partial charge on any atom is -0.461 e. The fourth-order valence-electron chi connectivity index (χ4n) is 2.38. The van der Waals surface area contributed by atoms with Crippen LogP contribution >= 0.6 is 0 Å². The van der Waals surface area contributed by atoms with Crippen molar-refractivity contribution >= 4 is 11.7 Å². The highest BCUT2D eigenvalue weighted by molar-refractivity contribution is 5.90. The van der Waals surface area contributed by atoms with Crippen molar-refractivity contribution < 1.29 is 31.9 Å². The minimum atomic E-state index is -4.60. The molecule has 0 radical (unpaired) electrons. The Hall–Kier alpha value is -3.20. The van der Waals surface area contributed by atoms with Gasteiger partial charge in [0.1, 0.15) is 11.9 Å². The first-order valence-electron chi connectivity index (χ1n) is 7.87. The van der Waals surface area contributed by atoms with Crippen molar-refractivity contribution in [1.82, 2.24) is 5.32 Å². The van der Waals surface area contributed by atoms with Gasteiger partial charge in [-0.2, -0.15) is 13.2 Å². The van der Waals surface area contributed by atoms with E-state index < -0.39 is 23.9 Å². The van der Waals surface area contributed by atoms with E-state index in [0.717, 1.165) is 12.1 Å². The van der Waals surface area contributed by atoms with Crippen LogP contribution in [0.5, 0.6) is 0 Å². The van der Waals surface area contributed by atoms with Crippen molar-refractivity contribution in [2.75, 3.05) is 11.9 Å². The quantitative estimate of drug-likeness (QED) is 0.612. The summed E-state index contributed by atoms with van der Waals surface area (Å²) in [5, 5.41) is 14.5. The van der Waals surface area contributed by atoms with Gasteiger partial charge in [0.05, 0.1) is 24.1 Å². The summed E-state index contributed by atoms with van der Waals surface area (Å²) in [4.78, 5) is 11.9. The van der Waals surface area contributed by atoms with E-state index in [9.17, 15) is 23.1 Å². The van der Waals surface area contributed by atoms with Crippen LogP contribution in [-0.2, 0) is 6.18 Å². The Morgan fingerprint density at radius 2 is 1.85 bits per heavy atom. The Morgan fingerprint density at radius 3 is 2.56 bits per heavy atom. The Labute approximate surface area is 151 Å². The van der Waals surface area contributed by atoms with E-state index in [0.29, 0.717) is 11.5 Å². The number of carbonyl (C=O) groups excluding carboxylic acids is 1. The Kier molecular flexibility index (Phi) is 5.22. The van der Waals surface area contributed by atoms with Crippen molar-refractivity contribution in [3.63, 3.8) is 0 Å². The molecule has 0 aliphatic heterocycles. The molecule has 9 heteroatoms. The number of hydrogen-bond acceptors (Lipinski definition) is 4. The molecular weight excluding hydrogens is 365 g/mol. The van der Waals surface area contributed by atoms with E-state index in [4.69, 9.17) is 8.83 Å². The van der Waals surface area contributed by atoms with Gasteiger partial charge in [-0.05, 0) is 36.4 Å². The van der Waals surface area contributed by atoms with Crippen molar-refractivity contribution in [3.05, 3.63) is 66.1 Å². The second kappa shape index (κ2) is 7.58. The SMILES string of the molecule is O=C(NCC(O)c1ccc(-c2ccco2)o1)Nc1ccccc1C(F)(F)F. The number of amides is 2. The fraction of sp³-hybridized carbons (Fsp3) is 0.167. The Morgan fingerprint density at radius 1 is 1.07 bits per heavy atom. The monoisotopic (exact) mass is 380 g/mol. The molecule has 3 rings (SSSR count). The molecule has 2 aromatic heterocycles. The lowest BCUT2D eigenvalue weighted by molar-refractivity contribution is -0.136. The summed E-state index contributed by atoms with van der Waals surface area (Å²) in [6, 6.07) is 10.2. The molecule has 1 aromatic carbocycles. The van der Waals surface area contributed by atoms with E-state index in [-0.39, 0.29) is 18.0 Å². The molecule has 0 aliphatic carbocycles. The molecule has 3 N–H and O–H groups in total. The van der Waals surface area contributed by atoms with Gasteiger partial charge in [-0.25, -0.2) is 4.79 Å². The van der Waals surface area contributed by atoms with E-state index in [1.807, 2.05) is 0 Å². The summed E-state index contributed by atoms with van der Waals surface area (Å²) in [5.41, 5.74) is -1.34. The average molecular weight is 380 g/mol. The van der Waals surface area contributed by atoms with Crippen LogP contribution in [0, 0.1) is 0 Å². The van der Waals surface area contributed by atoms with Gasteiger partial charge in [0, 0.05) is 0 Å². The number of benzene rings is 1. The predicted molar refractivity (Wildman–Crippen MR) is 89.8 cm³/mol. The number of rotatable bonds is 5. The number of anilines is 1. The summed E-state index contributed by atoms with van der Waals surface area (Å²) in [6.07, 6.45) is -4.31. The van der Waals surface area contributed by atoms with Gasteiger partial charge >= 0.3 is 12.2 Å². The lowest BCUT2D eigenvalue weighted by Gasteiger charge is -2.15. The molecule has 0 aliphatic rings. The number of aliphatic hydroxyl groups excluding tert-OH is 1. The maximum Gasteiger partial charge on any atom is 0.418 e. The highest BCUT2D eigenvalue weighted by Gasteiger charge is 2.33. The van der Waals surface area contributed by atoms with E-state index in [1.54, 1.807) is 18.2 Å². The van der Waals surface area contributed by atoms with Crippen LogP contribution in [0.2, 0.25) is 0 Å². The van der Waals surface area contributed by atoms with Crippen LogP contribution in [0.1, 0.15) is 17.4 Å². The molecule has 142 valence electrons. The van der Waals surface area contributed by atoms with Crippen molar-refractivity contribution in [2.24, 2.45) is 0 Å². The molecule has 0 fully saturated rings. The molecule has 0 saturated heterocycles. The molecular formula is C18H15F3N2O4. The topological polar surface area (TPSA) is 87.6 Å². The third kappa shape index (κ3) is 4.50. The fourth-order valence-corrected chi connectivity index (χ4v) is 2.38. The number of alkyl halides is 3. The molecule has 0 saturated carbocycles. The maximum absolute atomic E-state index is 12.9. The van der Waals surface area contributed by atoms with Crippen molar-refractivity contribution in [3.8, 4) is 11.5 Å². The molecule has 1 atom stereocenters. The molecule has 6 nitrogen and oxygen atoms in total. The molecule has 2 heterocycles. The molecule has 27 heavy (non-hydrogen) atoms. The van der Waals surface area contributed by atoms with Gasteiger partial charge in [-0.3, -0.25) is 0 Å². The van der Waals surface area contributed by atoms with Gasteiger partial charge in [0.2, 0.25) is 0 Å². The van der Waals surface area contributed by atoms with E-state index in [2.05, 4.69) is 10.6 Å². The largest absolute Gasteiger partial charge is 0.461 e. The van der Waals surface area contributed by atoms with Gasteiger partial charge in [0.25, 0.3) is 0 Å². The highest BCUT2D eigenvalue weighted by atomic mass is 19.4. The molecule has 3 aromatic rings. The predicted octanol–water partition coefficient (Wildman–Crippen LogP) is 4.41. The maximum atomic E-state index is 12.9. The molecule has 2 amide bonds. The second-order valence-corrected chi connectivity index (χ2v) is 5.57. The molecule has 0 bridgehead atoms. The number of furan rings is 2. The number of aliphatic hydroxyl groups is 1. The van der Waals surface area contributed by atoms with Crippen LogP contribution in [0.25, 0.3) is 11.5 Å². The van der Waals surface area contributed by atoms with Crippen LogP contribution < -0.4 is 10.6 Å². The Bertz CT molecular complexity index is 903. The van der Waals surface area contributed by atoms with E-state index >= 15 is 0 Å². The zero-order chi connectivity index (χ0) is 19.4. The smallest absolute Gasteiger partial charge is 0.418 e. The summed E-state index contributed by atoms with van der Waals surface area (Å²) >= 11 is 0. The average Bonchev–Trinajstić information content (AvgIpc) is 3.30. The number of hydrogen-bond donors (Lipinski definition) is 3. The van der Waals surface area contributed by atoms with Gasteiger partial charge in [-0.1, -0.05) is 12.1 Å². The standard InChI is InChI=1S/C18H15F3N2O4/c19-18(20,21)11-4-1-2-5-12(11)23-17(25)22-10-13(24)14-7-8-16(27-14)15-6-3-9-26-15/h1-9,13,24H,10H2,(H2,22,23,25).